The number of fused-ring (bicyclic) bond motifs is 4. The third-order valence-electron chi connectivity index (χ3n) is 9.00. The van der Waals surface area contributed by atoms with Crippen molar-refractivity contribution in [3.63, 3.8) is 0 Å². The molecule has 0 amide bonds. The summed E-state index contributed by atoms with van der Waals surface area (Å²) in [7, 11) is -9.76. The van der Waals surface area contributed by atoms with E-state index in [2.05, 4.69) is 0 Å². The smallest absolute Gasteiger partial charge is 0.748 e. The number of rotatable bonds is 5. The first-order chi connectivity index (χ1) is 13.6. The normalized spacial score (nSPS) is 45.2. The first kappa shape index (κ1) is 27.8. The van der Waals surface area contributed by atoms with Crippen LogP contribution in [-0.4, -0.2) is 53.4 Å². The van der Waals surface area contributed by atoms with Crippen molar-refractivity contribution < 1.29 is 85.1 Å². The van der Waals surface area contributed by atoms with Crippen LogP contribution in [0.4, 0.5) is 0 Å². The Morgan fingerprint density at radius 3 is 1.29 bits per heavy atom. The molecule has 5 rings (SSSR count). The van der Waals surface area contributed by atoms with E-state index in [4.69, 9.17) is 0 Å². The van der Waals surface area contributed by atoms with Gasteiger partial charge in [-0.05, 0) is 98.4 Å². The monoisotopic (exact) mass is 508 g/mol. The maximum absolute atomic E-state index is 11.9. The van der Waals surface area contributed by atoms with E-state index >= 15 is 0 Å². The Bertz CT molecular complexity index is 801. The molecule has 6 nitrogen and oxygen atoms in total. The summed E-state index contributed by atoms with van der Waals surface area (Å²) in [5.74, 6) is 2.93. The largest absolute Gasteiger partial charge is 1.00 e. The zero-order valence-corrected chi connectivity index (χ0v) is 25.2. The van der Waals surface area contributed by atoms with Crippen molar-refractivity contribution in [1.82, 2.24) is 0 Å². The molecule has 0 N–H and O–H groups in total. The van der Waals surface area contributed by atoms with Crippen molar-refractivity contribution in [2.45, 2.75) is 98.1 Å². The van der Waals surface area contributed by atoms with Crippen molar-refractivity contribution in [2.24, 2.45) is 23.7 Å². The second-order valence-electron chi connectivity index (χ2n) is 10.5. The fourth-order valence-corrected chi connectivity index (χ4v) is 15.3. The van der Waals surface area contributed by atoms with Crippen molar-refractivity contribution >= 4 is 28.2 Å². The van der Waals surface area contributed by atoms with Gasteiger partial charge in [-0.3, -0.25) is 0 Å². The van der Waals surface area contributed by atoms with E-state index < -0.39 is 38.7 Å². The molecule has 8 unspecified atom stereocenters. The van der Waals surface area contributed by atoms with Gasteiger partial charge in [-0.15, -0.1) is 0 Å². The van der Waals surface area contributed by atoms with Crippen molar-refractivity contribution in [3.8, 4) is 0 Å². The summed E-state index contributed by atoms with van der Waals surface area (Å²) < 4.78 is 71.3. The van der Waals surface area contributed by atoms with Gasteiger partial charge in [0.05, 0.1) is 30.7 Å². The second kappa shape index (κ2) is 10.3. The van der Waals surface area contributed by atoms with Gasteiger partial charge >= 0.3 is 59.1 Å². The third kappa shape index (κ3) is 5.65. The van der Waals surface area contributed by atoms with E-state index in [0.717, 1.165) is 11.8 Å². The van der Waals surface area contributed by atoms with Gasteiger partial charge in [0.25, 0.3) is 0 Å². The third-order valence-corrected chi connectivity index (χ3v) is 15.5. The topological polar surface area (TPSA) is 114 Å². The van der Waals surface area contributed by atoms with Crippen LogP contribution in [-0.2, 0) is 20.2 Å². The molecule has 5 fully saturated rings. The molecule has 0 aliphatic heterocycles. The van der Waals surface area contributed by atoms with Gasteiger partial charge in [0.15, 0.2) is 0 Å². The molecule has 0 aromatic rings. The Kier molecular flexibility index (Phi) is 9.26. The molecule has 5 aliphatic rings. The average molecular weight is 509 g/mol. The summed E-state index contributed by atoms with van der Waals surface area (Å²) in [5.41, 5.74) is 1.11. The van der Waals surface area contributed by atoms with Gasteiger partial charge in [-0.2, -0.15) is 0 Å². The van der Waals surface area contributed by atoms with Gasteiger partial charge in [-0.25, -0.2) is 16.8 Å². The minimum Gasteiger partial charge on any atom is -0.748 e. The van der Waals surface area contributed by atoms with Gasteiger partial charge in [0.2, 0.25) is 0 Å². The van der Waals surface area contributed by atoms with Gasteiger partial charge in [0, 0.05) is 0 Å². The van der Waals surface area contributed by atoms with Crippen LogP contribution in [0.2, 0.25) is 0 Å². The molecule has 0 radical (unpaired) electrons. The Balaban J connectivity index is 0.00000136. The van der Waals surface area contributed by atoms with Crippen molar-refractivity contribution in [1.29, 1.82) is 0 Å². The van der Waals surface area contributed by atoms with E-state index in [1.54, 1.807) is 0 Å². The van der Waals surface area contributed by atoms with Gasteiger partial charge in [0.1, 0.15) is 0 Å². The van der Waals surface area contributed by atoms with E-state index in [0.29, 0.717) is 23.2 Å². The molecule has 11 heteroatoms. The van der Waals surface area contributed by atoms with Crippen LogP contribution in [0.15, 0.2) is 0 Å². The molecule has 8 atom stereocenters. The molecule has 5 saturated carbocycles. The van der Waals surface area contributed by atoms with E-state index in [1.807, 2.05) is 0 Å². The van der Waals surface area contributed by atoms with Crippen LogP contribution in [0.1, 0.15) is 70.6 Å². The first-order valence-electron chi connectivity index (χ1n) is 11.3. The molecular weight excluding hydrogens is 477 g/mol. The minimum atomic E-state index is -4.60. The van der Waals surface area contributed by atoms with Gasteiger partial charge < -0.3 is 9.11 Å². The summed E-state index contributed by atoms with van der Waals surface area (Å²) in [6, 6.07) is 0. The van der Waals surface area contributed by atoms with Crippen LogP contribution in [0, 0.1) is 23.7 Å². The Morgan fingerprint density at radius 2 is 1.00 bits per heavy atom. The SMILES string of the molecule is O=S(=O)([O-])C1CC(P(C2CC3CCC2C3)C2CC3CCC2C3)CC(S(=O)(=O)[O-])C1.[Na+].[Na+]. The predicted molar refractivity (Wildman–Crippen MR) is 110 cm³/mol. The van der Waals surface area contributed by atoms with Crippen LogP contribution in [0.25, 0.3) is 0 Å². The molecule has 5 aliphatic carbocycles. The van der Waals surface area contributed by atoms with E-state index in [9.17, 15) is 25.9 Å². The zero-order chi connectivity index (χ0) is 20.6. The molecule has 0 spiro atoms. The van der Waals surface area contributed by atoms with Gasteiger partial charge in [-0.1, -0.05) is 20.8 Å². The summed E-state index contributed by atoms with van der Waals surface area (Å²) in [5, 5.41) is -2.42. The average Bonchev–Trinajstić information content (AvgIpc) is 3.42. The van der Waals surface area contributed by atoms with Crippen LogP contribution in [0.3, 0.4) is 0 Å². The Hall–Kier alpha value is 2.25. The molecule has 0 aromatic heterocycles. The molecule has 0 aromatic carbocycles. The van der Waals surface area contributed by atoms with Crippen molar-refractivity contribution in [3.05, 3.63) is 0 Å². The maximum atomic E-state index is 11.9. The summed E-state index contributed by atoms with van der Waals surface area (Å²) in [6.07, 6.45) is 10.3. The Labute approximate surface area is 232 Å². The second-order valence-corrected chi connectivity index (χ2v) is 16.8. The molecule has 31 heavy (non-hydrogen) atoms. The number of hydrogen-bond donors (Lipinski definition) is 0. The standard InChI is InChI=1S/C20H33O6PS2.2Na/c21-28(22,23)17-9-16(10-18(11-17)29(24,25)26)27(19-7-12-1-3-14(19)5-12)20-8-13-2-4-15(20)6-13;;/h12-20H,1-11H2,(H,21,22,23)(H,24,25,26);;/q;2*+1/p-2. The van der Waals surface area contributed by atoms with Crippen molar-refractivity contribution in [2.75, 3.05) is 0 Å². The zero-order valence-electron chi connectivity index (χ0n) is 18.7. The Morgan fingerprint density at radius 1 is 0.581 bits per heavy atom. The molecule has 0 heterocycles. The first-order valence-corrected chi connectivity index (χ1v) is 15.8. The summed E-state index contributed by atoms with van der Waals surface area (Å²) in [6.45, 7) is 0. The fraction of sp³-hybridized carbons (Fsp3) is 1.00. The molecule has 166 valence electrons. The fourth-order valence-electron chi connectivity index (χ4n) is 7.84. The number of hydrogen-bond acceptors (Lipinski definition) is 6. The predicted octanol–water partition coefficient (Wildman–Crippen LogP) is -2.77. The summed E-state index contributed by atoms with van der Waals surface area (Å²) in [4.78, 5) is 0. The quantitative estimate of drug-likeness (QED) is 0.226. The van der Waals surface area contributed by atoms with Crippen LogP contribution < -0.4 is 59.1 Å². The van der Waals surface area contributed by atoms with E-state index in [1.165, 1.54) is 51.4 Å². The van der Waals surface area contributed by atoms with E-state index in [-0.39, 0.29) is 84.0 Å². The van der Waals surface area contributed by atoms with Crippen LogP contribution >= 0.6 is 7.92 Å². The molecular formula is C20H31Na2O6PS2. The minimum absolute atomic E-state index is 0. The maximum Gasteiger partial charge on any atom is 1.00 e. The molecule has 0 saturated heterocycles. The van der Waals surface area contributed by atoms with Crippen LogP contribution in [0.5, 0.6) is 0 Å². The molecule has 4 bridgehead atoms. The summed E-state index contributed by atoms with van der Waals surface area (Å²) >= 11 is 0.